The van der Waals surface area contributed by atoms with E-state index in [0.29, 0.717) is 5.04 Å². The van der Waals surface area contributed by atoms with E-state index in [0.717, 1.165) is 0 Å². The Morgan fingerprint density at radius 1 is 1.20 bits per heavy atom. The first-order valence-electron chi connectivity index (χ1n) is 3.95. The van der Waals surface area contributed by atoms with Crippen LogP contribution in [0.5, 0.6) is 0 Å². The van der Waals surface area contributed by atoms with Crippen LogP contribution in [0.25, 0.3) is 0 Å². The van der Waals surface area contributed by atoms with Gasteiger partial charge < -0.3 is 4.12 Å². The maximum atomic E-state index is 5.87. The standard InChI is InChI=1S/C7H20OSi2/c1-7(2,3)10(5,6)8-9-4/h9H2,1-6H3. The SMILES string of the molecule is C[SiH2]O[Si](C)(C)C(C)(C)C. The zero-order valence-electron chi connectivity index (χ0n) is 8.12. The summed E-state index contributed by atoms with van der Waals surface area (Å²) in [6.07, 6.45) is 0. The molecule has 0 amide bonds. The summed E-state index contributed by atoms with van der Waals surface area (Å²) in [5.74, 6) is 0. The largest absolute Gasteiger partial charge is 0.460 e. The molecule has 62 valence electrons. The summed E-state index contributed by atoms with van der Waals surface area (Å²) in [4.78, 5) is 0. The first-order valence-corrected chi connectivity index (χ1v) is 8.85. The molecule has 0 aromatic heterocycles. The maximum absolute atomic E-state index is 5.87. The van der Waals surface area contributed by atoms with E-state index in [1.54, 1.807) is 0 Å². The summed E-state index contributed by atoms with van der Waals surface area (Å²) < 4.78 is 5.87. The summed E-state index contributed by atoms with van der Waals surface area (Å²) in [6, 6.07) is 0. The van der Waals surface area contributed by atoms with E-state index in [4.69, 9.17) is 4.12 Å². The Kier molecular flexibility index (Phi) is 3.32. The molecule has 0 atom stereocenters. The third-order valence-electron chi connectivity index (χ3n) is 2.31. The summed E-state index contributed by atoms with van der Waals surface area (Å²) in [6.45, 7) is 13.7. The van der Waals surface area contributed by atoms with Crippen LogP contribution in [0.15, 0.2) is 0 Å². The topological polar surface area (TPSA) is 9.23 Å². The lowest BCUT2D eigenvalue weighted by atomic mass is 10.2. The molecular formula is C7H20OSi2. The third kappa shape index (κ3) is 2.56. The minimum atomic E-state index is -1.34. The highest BCUT2D eigenvalue weighted by molar-refractivity contribution is 6.77. The molecule has 0 aromatic rings. The van der Waals surface area contributed by atoms with Crippen LogP contribution in [-0.4, -0.2) is 18.1 Å². The van der Waals surface area contributed by atoms with Gasteiger partial charge in [0.25, 0.3) is 0 Å². The highest BCUT2D eigenvalue weighted by atomic mass is 28.4. The molecule has 0 rings (SSSR count). The molecule has 3 heteroatoms. The summed E-state index contributed by atoms with van der Waals surface area (Å²) >= 11 is 0. The van der Waals surface area contributed by atoms with Crippen molar-refractivity contribution in [1.82, 2.24) is 0 Å². The van der Waals surface area contributed by atoms with E-state index in [9.17, 15) is 0 Å². The van der Waals surface area contributed by atoms with Gasteiger partial charge in [-0.2, -0.15) is 0 Å². The number of hydrogen-bond donors (Lipinski definition) is 0. The van der Waals surface area contributed by atoms with E-state index >= 15 is 0 Å². The molecule has 0 N–H and O–H groups in total. The number of rotatable bonds is 2. The molecule has 0 saturated carbocycles. The van der Waals surface area contributed by atoms with Crippen LogP contribution in [0.4, 0.5) is 0 Å². The van der Waals surface area contributed by atoms with Gasteiger partial charge in [0.1, 0.15) is 9.76 Å². The van der Waals surface area contributed by atoms with Gasteiger partial charge in [0.05, 0.1) is 0 Å². The Labute approximate surface area is 68.2 Å². The van der Waals surface area contributed by atoms with Gasteiger partial charge >= 0.3 is 0 Å². The lowest BCUT2D eigenvalue weighted by Gasteiger charge is -2.36. The fourth-order valence-corrected chi connectivity index (χ4v) is 5.20. The van der Waals surface area contributed by atoms with Crippen LogP contribution >= 0.6 is 0 Å². The van der Waals surface area contributed by atoms with Crippen LogP contribution in [0.3, 0.4) is 0 Å². The average Bonchev–Trinajstić information content (AvgIpc) is 1.61. The second-order valence-electron chi connectivity index (χ2n) is 4.19. The first-order chi connectivity index (χ1) is 4.31. The Morgan fingerprint density at radius 2 is 1.60 bits per heavy atom. The van der Waals surface area contributed by atoms with Gasteiger partial charge in [-0.25, -0.2) is 0 Å². The summed E-state index contributed by atoms with van der Waals surface area (Å²) in [5.41, 5.74) is 0. The molecule has 1 nitrogen and oxygen atoms in total. The smallest absolute Gasteiger partial charge is 0.178 e. The van der Waals surface area contributed by atoms with E-state index < -0.39 is 8.32 Å². The highest BCUT2D eigenvalue weighted by Crippen LogP contribution is 2.35. The van der Waals surface area contributed by atoms with Crippen molar-refractivity contribution in [2.45, 2.75) is 45.5 Å². The maximum Gasteiger partial charge on any atom is 0.178 e. The van der Waals surface area contributed by atoms with Gasteiger partial charge in [-0.05, 0) is 18.1 Å². The first kappa shape index (κ1) is 10.4. The quantitative estimate of drug-likeness (QED) is 0.586. The Hall–Kier alpha value is 0.394. The van der Waals surface area contributed by atoms with Crippen molar-refractivity contribution in [3.05, 3.63) is 0 Å². The summed E-state index contributed by atoms with van der Waals surface area (Å²) in [5, 5.41) is 0.399. The Morgan fingerprint density at radius 3 is 1.70 bits per heavy atom. The molecule has 0 aliphatic carbocycles. The molecule has 0 saturated heterocycles. The predicted molar refractivity (Wildman–Crippen MR) is 52.7 cm³/mol. The van der Waals surface area contributed by atoms with E-state index in [1.807, 2.05) is 0 Å². The fourth-order valence-electron chi connectivity index (χ4n) is 0.577. The van der Waals surface area contributed by atoms with Crippen molar-refractivity contribution in [3.63, 3.8) is 0 Å². The third-order valence-corrected chi connectivity index (χ3v) is 9.97. The van der Waals surface area contributed by atoms with Crippen molar-refractivity contribution < 1.29 is 4.12 Å². The van der Waals surface area contributed by atoms with Crippen LogP contribution < -0.4 is 0 Å². The molecule has 0 aromatic carbocycles. The van der Waals surface area contributed by atoms with Gasteiger partial charge in [-0.3, -0.25) is 0 Å². The van der Waals surface area contributed by atoms with Crippen molar-refractivity contribution >= 4 is 18.1 Å². The Balaban J connectivity index is 4.10. The monoisotopic (exact) mass is 176 g/mol. The lowest BCUT2D eigenvalue weighted by molar-refractivity contribution is 0.520. The van der Waals surface area contributed by atoms with Crippen molar-refractivity contribution in [2.24, 2.45) is 0 Å². The molecule has 0 spiro atoms. The van der Waals surface area contributed by atoms with E-state index in [1.165, 1.54) is 0 Å². The van der Waals surface area contributed by atoms with Crippen molar-refractivity contribution in [3.8, 4) is 0 Å². The molecule has 0 fully saturated rings. The summed E-state index contributed by atoms with van der Waals surface area (Å²) in [7, 11) is -1.55. The normalized spacial score (nSPS) is 15.0. The highest BCUT2D eigenvalue weighted by Gasteiger charge is 2.35. The second-order valence-corrected chi connectivity index (χ2v) is 10.4. The molecule has 0 heterocycles. The van der Waals surface area contributed by atoms with Crippen molar-refractivity contribution in [2.75, 3.05) is 0 Å². The zero-order valence-corrected chi connectivity index (χ0v) is 10.5. The van der Waals surface area contributed by atoms with Crippen LogP contribution in [0, 0.1) is 0 Å². The fraction of sp³-hybridized carbons (Fsp3) is 1.00. The van der Waals surface area contributed by atoms with Crippen LogP contribution in [0.2, 0.25) is 24.7 Å². The molecule has 0 radical (unpaired) electrons. The van der Waals surface area contributed by atoms with Crippen LogP contribution in [-0.2, 0) is 4.12 Å². The van der Waals surface area contributed by atoms with Gasteiger partial charge in [0.2, 0.25) is 0 Å². The minimum absolute atomic E-state index is 0.208. The Bertz CT molecular complexity index is 105. The molecule has 0 aliphatic heterocycles. The predicted octanol–water partition coefficient (Wildman–Crippen LogP) is 2.14. The molecular weight excluding hydrogens is 156 g/mol. The number of hydrogen-bond acceptors (Lipinski definition) is 1. The lowest BCUT2D eigenvalue weighted by Crippen LogP contribution is -2.41. The molecule has 0 aliphatic rings. The van der Waals surface area contributed by atoms with Gasteiger partial charge in [0, 0.05) is 0 Å². The average molecular weight is 176 g/mol. The van der Waals surface area contributed by atoms with Crippen molar-refractivity contribution in [1.29, 1.82) is 0 Å². The zero-order chi connectivity index (χ0) is 8.41. The van der Waals surface area contributed by atoms with Gasteiger partial charge in [-0.1, -0.05) is 27.3 Å². The van der Waals surface area contributed by atoms with Gasteiger partial charge in [-0.15, -0.1) is 0 Å². The van der Waals surface area contributed by atoms with Crippen LogP contribution in [0.1, 0.15) is 20.8 Å². The molecule has 10 heavy (non-hydrogen) atoms. The second kappa shape index (κ2) is 3.19. The van der Waals surface area contributed by atoms with E-state index in [-0.39, 0.29) is 9.76 Å². The molecule has 0 unspecified atom stereocenters. The minimum Gasteiger partial charge on any atom is -0.460 e. The van der Waals surface area contributed by atoms with Gasteiger partial charge in [0.15, 0.2) is 8.32 Å². The van der Waals surface area contributed by atoms with E-state index in [2.05, 4.69) is 40.4 Å². The molecule has 0 bridgehead atoms.